The fourth-order valence-corrected chi connectivity index (χ4v) is 2.37. The number of methoxy groups -OCH3 is 1. The smallest absolute Gasteiger partial charge is 0.272 e. The summed E-state index contributed by atoms with van der Waals surface area (Å²) in [5.74, 6) is 0. The molecule has 0 saturated heterocycles. The van der Waals surface area contributed by atoms with Gasteiger partial charge in [-0.2, -0.15) is 0 Å². The molecule has 0 bridgehead atoms. The number of halogens is 2. The highest BCUT2D eigenvalue weighted by atomic mass is 35.5. The van der Waals surface area contributed by atoms with Gasteiger partial charge in [-0.15, -0.1) is 0 Å². The minimum atomic E-state index is -0.196. The molecule has 0 unspecified atom stereocenters. The highest BCUT2D eigenvalue weighted by Crippen LogP contribution is 2.27. The third-order valence-electron chi connectivity index (χ3n) is 3.03. The molecule has 21 heavy (non-hydrogen) atoms. The number of H-pyrrole nitrogens is 1. The molecule has 2 aromatic heterocycles. The highest BCUT2D eigenvalue weighted by Gasteiger charge is 2.09. The maximum atomic E-state index is 12.0. The Hall–Kier alpha value is -1.82. The molecule has 0 aliphatic rings. The van der Waals surface area contributed by atoms with Crippen molar-refractivity contribution in [2.45, 2.75) is 6.61 Å². The van der Waals surface area contributed by atoms with Crippen molar-refractivity contribution in [2.24, 2.45) is 0 Å². The lowest BCUT2D eigenvalue weighted by molar-refractivity contribution is 0.181. The second-order valence-corrected chi connectivity index (χ2v) is 5.33. The quantitative estimate of drug-likeness (QED) is 0.805. The Labute approximate surface area is 130 Å². The van der Waals surface area contributed by atoms with Crippen LogP contribution in [0.25, 0.3) is 16.9 Å². The van der Waals surface area contributed by atoms with E-state index in [0.29, 0.717) is 28.0 Å². The van der Waals surface area contributed by atoms with Crippen LogP contribution >= 0.6 is 23.2 Å². The average molecular weight is 324 g/mol. The number of aromatic nitrogens is 3. The summed E-state index contributed by atoms with van der Waals surface area (Å²) < 4.78 is 6.37. The van der Waals surface area contributed by atoms with Crippen LogP contribution in [0, 0.1) is 0 Å². The average Bonchev–Trinajstić information content (AvgIpc) is 2.87. The van der Waals surface area contributed by atoms with Gasteiger partial charge in [0.2, 0.25) is 0 Å². The van der Waals surface area contributed by atoms with Gasteiger partial charge < -0.3 is 4.74 Å². The molecule has 0 spiro atoms. The molecule has 0 aliphatic carbocycles. The predicted molar refractivity (Wildman–Crippen MR) is 82.0 cm³/mol. The number of aromatic amines is 1. The molecule has 0 radical (unpaired) electrons. The van der Waals surface area contributed by atoms with Gasteiger partial charge >= 0.3 is 0 Å². The number of hydrogen-bond donors (Lipinski definition) is 1. The SMILES string of the molecule is COCc1cc(=O)n2[nH]c(-c3ccc(Cl)c(Cl)c3)cc2n1. The van der Waals surface area contributed by atoms with E-state index in [4.69, 9.17) is 27.9 Å². The molecule has 1 aromatic carbocycles. The molecule has 3 aromatic rings. The van der Waals surface area contributed by atoms with Crippen molar-refractivity contribution in [3.63, 3.8) is 0 Å². The standard InChI is InChI=1S/C14H11Cl2N3O2/c1-21-7-9-5-14(20)19-13(17-9)6-12(18-19)8-2-3-10(15)11(16)4-8/h2-6,18H,7H2,1H3. The summed E-state index contributed by atoms with van der Waals surface area (Å²) in [6, 6.07) is 8.47. The number of rotatable bonds is 3. The van der Waals surface area contributed by atoms with Gasteiger partial charge in [0.05, 0.1) is 28.0 Å². The Morgan fingerprint density at radius 1 is 1.24 bits per heavy atom. The fraction of sp³-hybridized carbons (Fsp3) is 0.143. The van der Waals surface area contributed by atoms with Crippen molar-refractivity contribution < 1.29 is 4.74 Å². The van der Waals surface area contributed by atoms with Crippen molar-refractivity contribution >= 4 is 28.8 Å². The Balaban J connectivity index is 2.14. The second-order valence-electron chi connectivity index (χ2n) is 4.51. The summed E-state index contributed by atoms with van der Waals surface area (Å²) in [6.45, 7) is 0.291. The molecule has 5 nitrogen and oxygen atoms in total. The third-order valence-corrected chi connectivity index (χ3v) is 3.77. The Morgan fingerprint density at radius 2 is 2.05 bits per heavy atom. The van der Waals surface area contributed by atoms with Crippen molar-refractivity contribution in [1.82, 2.24) is 14.6 Å². The van der Waals surface area contributed by atoms with E-state index >= 15 is 0 Å². The lowest BCUT2D eigenvalue weighted by Gasteiger charge is -2.00. The Bertz CT molecular complexity index is 870. The van der Waals surface area contributed by atoms with Gasteiger partial charge in [0.25, 0.3) is 5.56 Å². The molecule has 0 aliphatic heterocycles. The minimum absolute atomic E-state index is 0.196. The predicted octanol–water partition coefficient (Wildman–Crippen LogP) is 3.14. The van der Waals surface area contributed by atoms with Gasteiger partial charge in [0.15, 0.2) is 5.65 Å². The number of nitrogens with one attached hydrogen (secondary N) is 1. The van der Waals surface area contributed by atoms with Crippen LogP contribution in [-0.4, -0.2) is 21.7 Å². The Morgan fingerprint density at radius 3 is 2.76 bits per heavy atom. The van der Waals surface area contributed by atoms with E-state index in [1.165, 1.54) is 10.6 Å². The van der Waals surface area contributed by atoms with Gasteiger partial charge in [-0.25, -0.2) is 9.50 Å². The molecule has 0 fully saturated rings. The van der Waals surface area contributed by atoms with Crippen LogP contribution in [0.3, 0.4) is 0 Å². The zero-order chi connectivity index (χ0) is 15.0. The first-order chi connectivity index (χ1) is 10.1. The summed E-state index contributed by atoms with van der Waals surface area (Å²) in [5, 5.41) is 3.93. The largest absolute Gasteiger partial charge is 0.378 e. The molecule has 0 amide bonds. The van der Waals surface area contributed by atoms with E-state index in [1.807, 2.05) is 6.07 Å². The summed E-state index contributed by atoms with van der Waals surface area (Å²) in [6.07, 6.45) is 0. The van der Waals surface area contributed by atoms with E-state index < -0.39 is 0 Å². The van der Waals surface area contributed by atoms with E-state index in [0.717, 1.165) is 11.3 Å². The van der Waals surface area contributed by atoms with E-state index in [-0.39, 0.29) is 5.56 Å². The van der Waals surface area contributed by atoms with Crippen LogP contribution in [0.5, 0.6) is 0 Å². The lowest BCUT2D eigenvalue weighted by atomic mass is 10.1. The first-order valence-electron chi connectivity index (χ1n) is 6.14. The maximum absolute atomic E-state index is 12.0. The number of ether oxygens (including phenoxy) is 1. The van der Waals surface area contributed by atoms with Crippen molar-refractivity contribution in [3.8, 4) is 11.3 Å². The van der Waals surface area contributed by atoms with Crippen LogP contribution < -0.4 is 5.56 Å². The summed E-state index contributed by atoms with van der Waals surface area (Å²) in [5.41, 5.74) is 2.46. The number of fused-ring (bicyclic) bond motifs is 1. The van der Waals surface area contributed by atoms with Crippen molar-refractivity contribution in [1.29, 1.82) is 0 Å². The highest BCUT2D eigenvalue weighted by molar-refractivity contribution is 6.42. The van der Waals surface area contributed by atoms with Crippen LogP contribution in [0.4, 0.5) is 0 Å². The Kier molecular flexibility index (Phi) is 3.71. The molecule has 108 valence electrons. The zero-order valence-electron chi connectivity index (χ0n) is 11.1. The van der Waals surface area contributed by atoms with Gasteiger partial charge in [0.1, 0.15) is 0 Å². The first kappa shape index (κ1) is 14.1. The third kappa shape index (κ3) is 2.68. The van der Waals surface area contributed by atoms with Crippen LogP contribution in [-0.2, 0) is 11.3 Å². The molecule has 3 rings (SSSR count). The summed E-state index contributed by atoms with van der Waals surface area (Å²) in [4.78, 5) is 16.4. The summed E-state index contributed by atoms with van der Waals surface area (Å²) in [7, 11) is 1.56. The number of nitrogens with zero attached hydrogens (tertiary/aromatic N) is 2. The molecular formula is C14H11Cl2N3O2. The van der Waals surface area contributed by atoms with E-state index in [9.17, 15) is 4.79 Å². The van der Waals surface area contributed by atoms with E-state index in [2.05, 4.69) is 10.1 Å². The van der Waals surface area contributed by atoms with Gasteiger partial charge in [-0.05, 0) is 12.1 Å². The molecule has 0 saturated carbocycles. The van der Waals surface area contributed by atoms with Gasteiger partial charge in [0, 0.05) is 24.8 Å². The van der Waals surface area contributed by atoms with Gasteiger partial charge in [-0.1, -0.05) is 29.3 Å². The second kappa shape index (κ2) is 5.52. The van der Waals surface area contributed by atoms with Crippen molar-refractivity contribution in [2.75, 3.05) is 7.11 Å². The van der Waals surface area contributed by atoms with E-state index in [1.54, 1.807) is 25.3 Å². The summed E-state index contributed by atoms with van der Waals surface area (Å²) >= 11 is 11.9. The van der Waals surface area contributed by atoms with Crippen LogP contribution in [0.2, 0.25) is 10.0 Å². The zero-order valence-corrected chi connectivity index (χ0v) is 12.6. The lowest BCUT2D eigenvalue weighted by Crippen LogP contribution is -2.15. The van der Waals surface area contributed by atoms with Crippen molar-refractivity contribution in [3.05, 3.63) is 56.4 Å². The monoisotopic (exact) mass is 323 g/mol. The minimum Gasteiger partial charge on any atom is -0.378 e. The maximum Gasteiger partial charge on any atom is 0.272 e. The topological polar surface area (TPSA) is 59.4 Å². The number of benzene rings is 1. The molecule has 1 N–H and O–H groups in total. The molecular weight excluding hydrogens is 313 g/mol. The van der Waals surface area contributed by atoms with Gasteiger partial charge in [-0.3, -0.25) is 9.89 Å². The number of hydrogen-bond acceptors (Lipinski definition) is 3. The van der Waals surface area contributed by atoms with Crippen LogP contribution in [0.1, 0.15) is 5.69 Å². The van der Waals surface area contributed by atoms with Crippen LogP contribution in [0.15, 0.2) is 35.1 Å². The first-order valence-corrected chi connectivity index (χ1v) is 6.90. The normalized spacial score (nSPS) is 11.2. The molecule has 0 atom stereocenters. The molecule has 7 heteroatoms. The molecule has 2 heterocycles. The fourth-order valence-electron chi connectivity index (χ4n) is 2.07.